The van der Waals surface area contributed by atoms with Crippen molar-refractivity contribution in [3.05, 3.63) is 59.0 Å². The number of likely N-dealkylation sites (tertiary alicyclic amines) is 2. The topological polar surface area (TPSA) is 98.1 Å². The SMILES string of the molecule is Cc1c(-c2cc3cc(F)cc(C4CCN(C(=O)C5CCCCO5)CC4)c3n2CC2CC2)nn2cc(C(=O)N3CCC[C@@H](N)C3)ccc12. The van der Waals surface area contributed by atoms with Gasteiger partial charge in [-0.3, -0.25) is 9.59 Å². The van der Waals surface area contributed by atoms with E-state index in [0.717, 1.165) is 97.0 Å². The zero-order valence-corrected chi connectivity index (χ0v) is 27.3. The monoisotopic (exact) mass is 640 g/mol. The van der Waals surface area contributed by atoms with Gasteiger partial charge in [0.1, 0.15) is 17.6 Å². The molecule has 47 heavy (non-hydrogen) atoms. The number of rotatable bonds is 6. The second-order valence-corrected chi connectivity index (χ2v) is 14.3. The third-order valence-electron chi connectivity index (χ3n) is 10.9. The zero-order chi connectivity index (χ0) is 32.2. The molecule has 1 saturated carbocycles. The lowest BCUT2D eigenvalue weighted by Gasteiger charge is -2.35. The number of amides is 2. The number of aryl methyl sites for hydroxylation is 1. The summed E-state index contributed by atoms with van der Waals surface area (Å²) in [5.74, 6) is 0.611. The van der Waals surface area contributed by atoms with Crippen molar-refractivity contribution in [3.8, 4) is 11.4 Å². The average molecular weight is 641 g/mol. The Bertz CT molecular complexity index is 1830. The van der Waals surface area contributed by atoms with Crippen molar-refractivity contribution in [2.24, 2.45) is 11.7 Å². The van der Waals surface area contributed by atoms with Gasteiger partial charge in [-0.25, -0.2) is 8.91 Å². The summed E-state index contributed by atoms with van der Waals surface area (Å²) in [6.07, 6.45) is 10.2. The van der Waals surface area contributed by atoms with E-state index in [-0.39, 0.29) is 35.7 Å². The second kappa shape index (κ2) is 12.4. The zero-order valence-electron chi connectivity index (χ0n) is 27.3. The minimum atomic E-state index is -0.314. The molecule has 2 amide bonds. The molecule has 10 heteroatoms. The van der Waals surface area contributed by atoms with E-state index in [0.29, 0.717) is 37.7 Å². The summed E-state index contributed by atoms with van der Waals surface area (Å²) in [7, 11) is 0. The molecular weight excluding hydrogens is 595 g/mol. The molecule has 3 aromatic heterocycles. The third-order valence-corrected chi connectivity index (χ3v) is 10.9. The van der Waals surface area contributed by atoms with Gasteiger partial charge >= 0.3 is 0 Å². The van der Waals surface area contributed by atoms with Gasteiger partial charge in [-0.2, -0.15) is 5.10 Å². The van der Waals surface area contributed by atoms with Crippen LogP contribution in [0.4, 0.5) is 4.39 Å². The fraction of sp³-hybridized carbons (Fsp3) is 0.541. The maximum Gasteiger partial charge on any atom is 0.255 e. The number of hydrogen-bond acceptors (Lipinski definition) is 5. The van der Waals surface area contributed by atoms with Gasteiger partial charge in [-0.1, -0.05) is 0 Å². The Morgan fingerprint density at radius 1 is 0.979 bits per heavy atom. The van der Waals surface area contributed by atoms with Crippen molar-refractivity contribution in [1.29, 1.82) is 0 Å². The van der Waals surface area contributed by atoms with Crippen LogP contribution in [0.5, 0.6) is 0 Å². The molecule has 8 rings (SSSR count). The van der Waals surface area contributed by atoms with E-state index in [1.54, 1.807) is 12.1 Å². The number of pyridine rings is 1. The lowest BCUT2D eigenvalue weighted by molar-refractivity contribution is -0.147. The van der Waals surface area contributed by atoms with Gasteiger partial charge < -0.3 is 24.8 Å². The summed E-state index contributed by atoms with van der Waals surface area (Å²) < 4.78 is 25.3. The summed E-state index contributed by atoms with van der Waals surface area (Å²) in [6.45, 7) is 6.21. The smallest absolute Gasteiger partial charge is 0.255 e. The Balaban J connectivity index is 1.13. The van der Waals surface area contributed by atoms with E-state index >= 15 is 4.39 Å². The number of nitrogens with two attached hydrogens (primary N) is 1. The van der Waals surface area contributed by atoms with Crippen LogP contribution < -0.4 is 5.73 Å². The highest BCUT2D eigenvalue weighted by atomic mass is 19.1. The van der Waals surface area contributed by atoms with Gasteiger partial charge in [0.25, 0.3) is 11.8 Å². The van der Waals surface area contributed by atoms with Gasteiger partial charge in [0.2, 0.25) is 0 Å². The van der Waals surface area contributed by atoms with Crippen LogP contribution in [0.2, 0.25) is 0 Å². The summed E-state index contributed by atoms with van der Waals surface area (Å²) >= 11 is 0. The summed E-state index contributed by atoms with van der Waals surface area (Å²) in [5, 5.41) is 5.95. The first kappa shape index (κ1) is 30.6. The number of hydrogen-bond donors (Lipinski definition) is 1. The Labute approximate surface area is 274 Å². The molecule has 3 saturated heterocycles. The number of aromatic nitrogens is 3. The van der Waals surface area contributed by atoms with Crippen molar-refractivity contribution in [2.45, 2.75) is 89.3 Å². The predicted octanol–water partition coefficient (Wildman–Crippen LogP) is 5.65. The standard InChI is InChI=1S/C37H45FN6O3/c1-23-31-10-9-26(36(45)42-13-4-5-29(39)22-42)21-44(31)40-34(23)32-18-27-17-28(38)19-30(35(27)43(32)20-24-7-8-24)25-11-14-41(15-12-25)37(46)33-6-2-3-16-47-33/h9-10,17-19,21,24-25,29,33H,2-8,11-16,20,22,39H2,1H3/t29-,33?/m1/s1. The Hall–Kier alpha value is -3.76. The minimum Gasteiger partial charge on any atom is -0.368 e. The number of piperidine rings is 2. The Morgan fingerprint density at radius 3 is 2.55 bits per heavy atom. The number of ether oxygens (including phenoxy) is 1. The van der Waals surface area contributed by atoms with Gasteiger partial charge in [-0.05, 0) is 112 Å². The number of carbonyl (C=O) groups is 2. The molecule has 1 aromatic carbocycles. The van der Waals surface area contributed by atoms with E-state index in [1.807, 2.05) is 32.6 Å². The van der Waals surface area contributed by atoms with Crippen molar-refractivity contribution in [2.75, 3.05) is 32.8 Å². The van der Waals surface area contributed by atoms with Crippen LogP contribution in [0.15, 0.2) is 36.5 Å². The number of benzene rings is 1. The molecule has 6 heterocycles. The molecular formula is C37H45FN6O3. The average Bonchev–Trinajstić information content (AvgIpc) is 3.77. The second-order valence-electron chi connectivity index (χ2n) is 14.3. The third kappa shape index (κ3) is 5.84. The maximum atomic E-state index is 15.3. The summed E-state index contributed by atoms with van der Waals surface area (Å²) in [5.41, 5.74) is 12.7. The highest BCUT2D eigenvalue weighted by Crippen LogP contribution is 2.41. The molecule has 9 nitrogen and oxygen atoms in total. The molecule has 0 spiro atoms. The van der Waals surface area contributed by atoms with Crippen LogP contribution in [-0.2, 0) is 16.1 Å². The fourth-order valence-electron chi connectivity index (χ4n) is 8.14. The quantitative estimate of drug-likeness (QED) is 0.294. The largest absolute Gasteiger partial charge is 0.368 e. The Kier molecular flexibility index (Phi) is 8.04. The number of carbonyl (C=O) groups excluding carboxylic acids is 2. The molecule has 4 aliphatic rings. The minimum absolute atomic E-state index is 0.0151. The van der Waals surface area contributed by atoms with Crippen LogP contribution in [0.25, 0.3) is 27.8 Å². The molecule has 2 N–H and O–H groups in total. The highest BCUT2D eigenvalue weighted by Gasteiger charge is 2.33. The molecule has 0 bridgehead atoms. The molecule has 1 aliphatic carbocycles. The van der Waals surface area contributed by atoms with E-state index < -0.39 is 0 Å². The molecule has 1 unspecified atom stereocenters. The lowest BCUT2D eigenvalue weighted by atomic mass is 9.87. The first-order valence-corrected chi connectivity index (χ1v) is 17.6. The van der Waals surface area contributed by atoms with Crippen LogP contribution in [0.1, 0.15) is 85.2 Å². The molecule has 4 aromatic rings. The van der Waals surface area contributed by atoms with Crippen LogP contribution in [0, 0.1) is 18.7 Å². The summed E-state index contributed by atoms with van der Waals surface area (Å²) in [4.78, 5) is 30.3. The maximum absolute atomic E-state index is 15.3. The summed E-state index contributed by atoms with van der Waals surface area (Å²) in [6, 6.07) is 9.36. The Morgan fingerprint density at radius 2 is 1.81 bits per heavy atom. The van der Waals surface area contributed by atoms with Crippen molar-refractivity contribution >= 4 is 28.2 Å². The predicted molar refractivity (Wildman–Crippen MR) is 179 cm³/mol. The van der Waals surface area contributed by atoms with Crippen LogP contribution >= 0.6 is 0 Å². The lowest BCUT2D eigenvalue weighted by Crippen LogP contribution is -2.45. The molecule has 0 radical (unpaired) electrons. The molecule has 4 fully saturated rings. The molecule has 2 atom stereocenters. The van der Waals surface area contributed by atoms with E-state index in [2.05, 4.69) is 17.6 Å². The van der Waals surface area contributed by atoms with E-state index in [4.69, 9.17) is 15.6 Å². The van der Waals surface area contributed by atoms with Crippen LogP contribution in [0.3, 0.4) is 0 Å². The van der Waals surface area contributed by atoms with Gasteiger partial charge in [0, 0.05) is 62.5 Å². The fourth-order valence-corrected chi connectivity index (χ4v) is 8.14. The normalized spacial score (nSPS) is 22.8. The highest BCUT2D eigenvalue weighted by molar-refractivity contribution is 5.95. The number of nitrogens with zero attached hydrogens (tertiary/aromatic N) is 5. The number of halogens is 1. The van der Waals surface area contributed by atoms with Gasteiger partial charge in [0.05, 0.1) is 22.3 Å². The number of fused-ring (bicyclic) bond motifs is 2. The van der Waals surface area contributed by atoms with Crippen LogP contribution in [-0.4, -0.2) is 80.7 Å². The van der Waals surface area contributed by atoms with Gasteiger partial charge in [-0.15, -0.1) is 0 Å². The van der Waals surface area contributed by atoms with E-state index in [1.165, 1.54) is 12.8 Å². The molecule has 248 valence electrons. The van der Waals surface area contributed by atoms with Crippen molar-refractivity contribution in [1.82, 2.24) is 24.0 Å². The van der Waals surface area contributed by atoms with E-state index in [9.17, 15) is 9.59 Å². The van der Waals surface area contributed by atoms with Crippen molar-refractivity contribution in [3.63, 3.8) is 0 Å². The van der Waals surface area contributed by atoms with Crippen molar-refractivity contribution < 1.29 is 18.7 Å². The first-order valence-electron chi connectivity index (χ1n) is 17.6. The molecule has 3 aliphatic heterocycles. The van der Waals surface area contributed by atoms with Gasteiger partial charge in [0.15, 0.2) is 0 Å². The first-order chi connectivity index (χ1) is 22.8.